The first kappa shape index (κ1) is 15.1. The maximum atomic E-state index is 11.9. The summed E-state index contributed by atoms with van der Waals surface area (Å²) in [6.07, 6.45) is 2.43. The van der Waals surface area contributed by atoms with Crippen molar-refractivity contribution in [3.63, 3.8) is 0 Å². The molecule has 0 saturated heterocycles. The van der Waals surface area contributed by atoms with Gasteiger partial charge >= 0.3 is 0 Å². The summed E-state index contributed by atoms with van der Waals surface area (Å²) in [7, 11) is 1.56. The maximum absolute atomic E-state index is 11.9. The van der Waals surface area contributed by atoms with Crippen LogP contribution in [-0.2, 0) is 10.5 Å². The van der Waals surface area contributed by atoms with Crippen molar-refractivity contribution in [3.05, 3.63) is 23.7 Å². The van der Waals surface area contributed by atoms with E-state index in [4.69, 9.17) is 14.3 Å². The van der Waals surface area contributed by atoms with Crippen LogP contribution in [0, 0.1) is 0 Å². The first-order valence-electron chi connectivity index (χ1n) is 5.69. The van der Waals surface area contributed by atoms with Crippen LogP contribution in [0.5, 0.6) is 0 Å². The van der Waals surface area contributed by atoms with Crippen molar-refractivity contribution in [2.75, 3.05) is 26.6 Å². The molecule has 0 spiro atoms. The van der Waals surface area contributed by atoms with Crippen molar-refractivity contribution < 1.29 is 19.1 Å². The molecule has 102 valence electrons. The lowest BCUT2D eigenvalue weighted by molar-refractivity contribution is 0.0850. The van der Waals surface area contributed by atoms with Gasteiger partial charge in [0.05, 0.1) is 18.4 Å². The van der Waals surface area contributed by atoms with Gasteiger partial charge < -0.3 is 19.6 Å². The van der Waals surface area contributed by atoms with E-state index in [1.807, 2.05) is 6.26 Å². The Morgan fingerprint density at radius 1 is 1.61 bits per heavy atom. The van der Waals surface area contributed by atoms with E-state index in [0.29, 0.717) is 13.0 Å². The average molecular weight is 273 g/mol. The van der Waals surface area contributed by atoms with Crippen molar-refractivity contribution >= 4 is 17.7 Å². The fourth-order valence-electron chi connectivity index (χ4n) is 1.53. The second-order valence-electron chi connectivity index (χ2n) is 3.84. The quantitative estimate of drug-likeness (QED) is 0.746. The molecular formula is C12H19NO4S. The largest absolute Gasteiger partial charge is 0.455 e. The second kappa shape index (κ2) is 8.18. The van der Waals surface area contributed by atoms with E-state index < -0.39 is 0 Å². The number of rotatable bonds is 8. The zero-order chi connectivity index (χ0) is 13.4. The van der Waals surface area contributed by atoms with E-state index >= 15 is 0 Å². The van der Waals surface area contributed by atoms with Gasteiger partial charge in [0, 0.05) is 13.7 Å². The van der Waals surface area contributed by atoms with Gasteiger partial charge in [0.1, 0.15) is 5.76 Å². The molecule has 1 unspecified atom stereocenters. The molecular weight excluding hydrogens is 254 g/mol. The first-order valence-corrected chi connectivity index (χ1v) is 7.09. The summed E-state index contributed by atoms with van der Waals surface area (Å²) in [4.78, 5) is 11.9. The van der Waals surface area contributed by atoms with Crippen LogP contribution in [-0.4, -0.2) is 43.6 Å². The Morgan fingerprint density at radius 2 is 2.39 bits per heavy atom. The average Bonchev–Trinajstić information content (AvgIpc) is 2.79. The number of furan rings is 1. The number of aliphatic hydroxyl groups excluding tert-OH is 1. The van der Waals surface area contributed by atoms with Crippen molar-refractivity contribution in [1.82, 2.24) is 5.32 Å². The third kappa shape index (κ3) is 4.72. The SMILES string of the molecule is COCC(CCO)NC(=O)c1ccc(CSC)o1. The van der Waals surface area contributed by atoms with Crippen molar-refractivity contribution in [3.8, 4) is 0 Å². The van der Waals surface area contributed by atoms with Crippen molar-refractivity contribution in [2.45, 2.75) is 18.2 Å². The minimum atomic E-state index is -0.280. The van der Waals surface area contributed by atoms with Gasteiger partial charge in [-0.15, -0.1) is 0 Å². The predicted molar refractivity (Wildman–Crippen MR) is 70.8 cm³/mol. The van der Waals surface area contributed by atoms with Crippen LogP contribution < -0.4 is 5.32 Å². The predicted octanol–water partition coefficient (Wildman–Crippen LogP) is 1.27. The summed E-state index contributed by atoms with van der Waals surface area (Å²) in [5, 5.41) is 11.7. The molecule has 5 nitrogen and oxygen atoms in total. The zero-order valence-corrected chi connectivity index (χ0v) is 11.5. The van der Waals surface area contributed by atoms with E-state index in [-0.39, 0.29) is 24.3 Å². The Morgan fingerprint density at radius 3 is 3.00 bits per heavy atom. The number of ether oxygens (including phenoxy) is 1. The van der Waals surface area contributed by atoms with E-state index in [1.165, 1.54) is 0 Å². The second-order valence-corrected chi connectivity index (χ2v) is 4.70. The van der Waals surface area contributed by atoms with Gasteiger partial charge in [-0.3, -0.25) is 4.79 Å². The lowest BCUT2D eigenvalue weighted by atomic mass is 10.2. The number of hydrogen-bond donors (Lipinski definition) is 2. The molecule has 1 amide bonds. The fourth-order valence-corrected chi connectivity index (χ4v) is 1.97. The van der Waals surface area contributed by atoms with Gasteiger partial charge in [0.2, 0.25) is 0 Å². The topological polar surface area (TPSA) is 71.7 Å². The summed E-state index contributed by atoms with van der Waals surface area (Å²) >= 11 is 1.63. The molecule has 1 rings (SSSR count). The van der Waals surface area contributed by atoms with Gasteiger partial charge in [0.25, 0.3) is 5.91 Å². The minimum Gasteiger partial charge on any atom is -0.455 e. The molecule has 2 N–H and O–H groups in total. The minimum absolute atomic E-state index is 0.00415. The van der Waals surface area contributed by atoms with Crippen LogP contribution in [0.15, 0.2) is 16.5 Å². The normalized spacial score (nSPS) is 12.4. The summed E-state index contributed by atoms with van der Waals surface area (Å²) in [5.41, 5.74) is 0. The Bertz CT molecular complexity index is 361. The molecule has 0 aliphatic carbocycles. The van der Waals surface area contributed by atoms with E-state index in [9.17, 15) is 4.79 Å². The fraction of sp³-hybridized carbons (Fsp3) is 0.583. The molecule has 1 atom stereocenters. The standard InChI is InChI=1S/C12H19NO4S/c1-16-7-9(5-6-14)13-12(15)11-4-3-10(17-11)8-18-2/h3-4,9,14H,5-8H2,1-2H3,(H,13,15). The summed E-state index contributed by atoms with van der Waals surface area (Å²) in [6, 6.07) is 3.24. The highest BCUT2D eigenvalue weighted by molar-refractivity contribution is 7.97. The highest BCUT2D eigenvalue weighted by Gasteiger charge is 2.16. The molecule has 1 aromatic heterocycles. The lowest BCUT2D eigenvalue weighted by Crippen LogP contribution is -2.38. The molecule has 1 aromatic rings. The number of carbonyl (C=O) groups excluding carboxylic acids is 1. The van der Waals surface area contributed by atoms with Gasteiger partial charge in [-0.25, -0.2) is 0 Å². The monoisotopic (exact) mass is 273 g/mol. The Labute approximate surface area is 111 Å². The van der Waals surface area contributed by atoms with Crippen LogP contribution in [0.25, 0.3) is 0 Å². The number of aliphatic hydroxyl groups is 1. The maximum Gasteiger partial charge on any atom is 0.287 e. The molecule has 0 aromatic carbocycles. The zero-order valence-electron chi connectivity index (χ0n) is 10.6. The number of thioether (sulfide) groups is 1. The highest BCUT2D eigenvalue weighted by atomic mass is 32.2. The number of methoxy groups -OCH3 is 1. The number of hydrogen-bond acceptors (Lipinski definition) is 5. The molecule has 18 heavy (non-hydrogen) atoms. The molecule has 0 fully saturated rings. The Balaban J connectivity index is 2.56. The van der Waals surface area contributed by atoms with Crippen LogP contribution in [0.3, 0.4) is 0 Å². The van der Waals surface area contributed by atoms with Gasteiger partial charge in [0.15, 0.2) is 5.76 Å². The number of nitrogens with one attached hydrogen (secondary N) is 1. The van der Waals surface area contributed by atoms with Crippen LogP contribution in [0.2, 0.25) is 0 Å². The van der Waals surface area contributed by atoms with Crippen LogP contribution in [0.1, 0.15) is 22.7 Å². The Kier molecular flexibility index (Phi) is 6.85. The summed E-state index contributed by atoms with van der Waals surface area (Å²) < 4.78 is 10.4. The molecule has 0 radical (unpaired) electrons. The first-order chi connectivity index (χ1) is 8.71. The highest BCUT2D eigenvalue weighted by Crippen LogP contribution is 2.13. The summed E-state index contributed by atoms with van der Waals surface area (Å²) in [5.74, 6) is 1.53. The van der Waals surface area contributed by atoms with E-state index in [1.54, 1.807) is 31.0 Å². The van der Waals surface area contributed by atoms with E-state index in [2.05, 4.69) is 5.32 Å². The van der Waals surface area contributed by atoms with Gasteiger partial charge in [-0.2, -0.15) is 11.8 Å². The molecule has 0 bridgehead atoms. The van der Waals surface area contributed by atoms with Gasteiger partial charge in [-0.05, 0) is 24.8 Å². The molecule has 0 aliphatic rings. The third-order valence-electron chi connectivity index (χ3n) is 2.35. The molecule has 6 heteroatoms. The Hall–Kier alpha value is -0.980. The van der Waals surface area contributed by atoms with E-state index in [0.717, 1.165) is 11.5 Å². The molecule has 1 heterocycles. The van der Waals surface area contributed by atoms with Gasteiger partial charge in [-0.1, -0.05) is 0 Å². The van der Waals surface area contributed by atoms with Crippen LogP contribution >= 0.6 is 11.8 Å². The van der Waals surface area contributed by atoms with Crippen LogP contribution in [0.4, 0.5) is 0 Å². The lowest BCUT2D eigenvalue weighted by Gasteiger charge is -2.15. The molecule has 0 aliphatic heterocycles. The number of amides is 1. The molecule has 0 saturated carbocycles. The third-order valence-corrected chi connectivity index (χ3v) is 2.93. The summed E-state index contributed by atoms with van der Waals surface area (Å²) in [6.45, 7) is 0.370. The van der Waals surface area contributed by atoms with Crippen molar-refractivity contribution in [2.24, 2.45) is 0 Å². The number of carbonyl (C=O) groups is 1. The van der Waals surface area contributed by atoms with Crippen molar-refractivity contribution in [1.29, 1.82) is 0 Å². The smallest absolute Gasteiger partial charge is 0.287 e.